The van der Waals surface area contributed by atoms with E-state index in [1.807, 2.05) is 4.90 Å². The largest absolute Gasteiger partial charge is 0.487 e. The topological polar surface area (TPSA) is 63.7 Å². The number of hydrogen-bond acceptors (Lipinski definition) is 4. The first-order valence-corrected chi connectivity index (χ1v) is 10.4. The Kier molecular flexibility index (Phi) is 3.82. The maximum Gasteiger partial charge on any atom is 0.226 e. The molecule has 1 amide bonds. The minimum Gasteiger partial charge on any atom is -0.487 e. The summed E-state index contributed by atoms with van der Waals surface area (Å²) in [5.74, 6) is 0.281. The summed E-state index contributed by atoms with van der Waals surface area (Å²) in [4.78, 5) is 14.8. The SMILES string of the molecule is O=C(CC1CS(=O)(=O)c2ccccc2O1)N1CCC2(CCCC2)C1. The molecule has 1 aromatic rings. The van der Waals surface area contributed by atoms with Crippen LogP contribution in [0.15, 0.2) is 29.2 Å². The van der Waals surface area contributed by atoms with Gasteiger partial charge in [-0.15, -0.1) is 0 Å². The van der Waals surface area contributed by atoms with Gasteiger partial charge in [0.05, 0.1) is 12.2 Å². The van der Waals surface area contributed by atoms with Gasteiger partial charge in [-0.3, -0.25) is 4.79 Å². The van der Waals surface area contributed by atoms with E-state index in [4.69, 9.17) is 4.74 Å². The predicted octanol–water partition coefficient (Wildman–Crippen LogP) is 2.40. The summed E-state index contributed by atoms with van der Waals surface area (Å²) in [7, 11) is -3.38. The number of nitrogens with zero attached hydrogens (tertiary/aromatic N) is 1. The normalized spacial score (nSPS) is 27.0. The number of benzene rings is 1. The van der Waals surface area contributed by atoms with Gasteiger partial charge in [-0.05, 0) is 36.8 Å². The first-order valence-electron chi connectivity index (χ1n) is 8.74. The summed E-state index contributed by atoms with van der Waals surface area (Å²) in [6.45, 7) is 1.64. The first kappa shape index (κ1) is 15.9. The van der Waals surface area contributed by atoms with E-state index in [1.54, 1.807) is 24.3 Å². The Morgan fingerprint density at radius 3 is 2.75 bits per heavy atom. The zero-order chi connectivity index (χ0) is 16.8. The molecule has 24 heavy (non-hydrogen) atoms. The van der Waals surface area contributed by atoms with Crippen molar-refractivity contribution in [3.8, 4) is 5.75 Å². The van der Waals surface area contributed by atoms with Crippen LogP contribution in [0.2, 0.25) is 0 Å². The van der Waals surface area contributed by atoms with Crippen molar-refractivity contribution in [3.63, 3.8) is 0 Å². The maximum absolute atomic E-state index is 12.6. The molecule has 1 spiro atoms. The fourth-order valence-corrected chi connectivity index (χ4v) is 6.02. The lowest BCUT2D eigenvalue weighted by molar-refractivity contribution is -0.132. The van der Waals surface area contributed by atoms with E-state index in [2.05, 4.69) is 0 Å². The number of ether oxygens (including phenoxy) is 1. The minimum absolute atomic E-state index is 0.0263. The molecular weight excluding hydrogens is 326 g/mol. The molecule has 3 aliphatic rings. The number of sulfone groups is 1. The molecule has 0 N–H and O–H groups in total. The molecule has 2 fully saturated rings. The number of para-hydroxylation sites is 1. The van der Waals surface area contributed by atoms with Gasteiger partial charge in [-0.25, -0.2) is 8.42 Å². The molecule has 130 valence electrons. The number of hydrogen-bond donors (Lipinski definition) is 0. The molecule has 1 unspecified atom stereocenters. The third kappa shape index (κ3) is 2.81. The van der Waals surface area contributed by atoms with Crippen LogP contribution in [0.1, 0.15) is 38.5 Å². The van der Waals surface area contributed by atoms with Crippen molar-refractivity contribution >= 4 is 15.7 Å². The Labute approximate surface area is 142 Å². The van der Waals surface area contributed by atoms with Crippen LogP contribution in [0.5, 0.6) is 5.75 Å². The van der Waals surface area contributed by atoms with E-state index in [-0.39, 0.29) is 23.0 Å². The molecule has 1 aromatic carbocycles. The van der Waals surface area contributed by atoms with Crippen LogP contribution in [0.25, 0.3) is 0 Å². The molecule has 0 bridgehead atoms. The highest BCUT2D eigenvalue weighted by Crippen LogP contribution is 2.45. The third-order valence-electron chi connectivity index (χ3n) is 5.74. The lowest BCUT2D eigenvalue weighted by Gasteiger charge is -2.28. The molecule has 0 radical (unpaired) electrons. The van der Waals surface area contributed by atoms with Crippen LogP contribution in [-0.4, -0.2) is 44.2 Å². The zero-order valence-electron chi connectivity index (χ0n) is 13.7. The van der Waals surface area contributed by atoms with E-state index in [0.29, 0.717) is 11.2 Å². The Bertz CT molecular complexity index is 752. The average Bonchev–Trinajstić information content (AvgIpc) is 3.17. The Morgan fingerprint density at radius 2 is 1.96 bits per heavy atom. The summed E-state index contributed by atoms with van der Waals surface area (Å²) in [5.41, 5.74) is 0.335. The van der Waals surface area contributed by atoms with E-state index in [9.17, 15) is 13.2 Å². The average molecular weight is 349 g/mol. The van der Waals surface area contributed by atoms with E-state index < -0.39 is 15.9 Å². The Morgan fingerprint density at radius 1 is 1.21 bits per heavy atom. The van der Waals surface area contributed by atoms with Gasteiger partial charge in [0.15, 0.2) is 9.84 Å². The fourth-order valence-electron chi connectivity index (χ4n) is 4.46. The fraction of sp³-hybridized carbons (Fsp3) is 0.611. The molecule has 1 aliphatic carbocycles. The van der Waals surface area contributed by atoms with Crippen molar-refractivity contribution in [2.75, 3.05) is 18.8 Å². The molecule has 0 aromatic heterocycles. The second-order valence-electron chi connectivity index (χ2n) is 7.44. The highest BCUT2D eigenvalue weighted by Gasteiger charge is 2.42. The molecule has 2 aliphatic heterocycles. The van der Waals surface area contributed by atoms with Gasteiger partial charge in [-0.1, -0.05) is 25.0 Å². The monoisotopic (exact) mass is 349 g/mol. The molecule has 5 nitrogen and oxygen atoms in total. The summed E-state index contributed by atoms with van der Waals surface area (Å²) >= 11 is 0. The van der Waals surface area contributed by atoms with Gasteiger partial charge >= 0.3 is 0 Å². The summed E-state index contributed by atoms with van der Waals surface area (Å²) in [6, 6.07) is 6.67. The van der Waals surface area contributed by atoms with Crippen LogP contribution < -0.4 is 4.74 Å². The predicted molar refractivity (Wildman–Crippen MR) is 89.6 cm³/mol. The van der Waals surface area contributed by atoms with Crippen LogP contribution in [0, 0.1) is 5.41 Å². The number of carbonyl (C=O) groups is 1. The Hall–Kier alpha value is -1.56. The van der Waals surface area contributed by atoms with Crippen LogP contribution >= 0.6 is 0 Å². The van der Waals surface area contributed by atoms with Gasteiger partial charge in [-0.2, -0.15) is 0 Å². The number of rotatable bonds is 2. The van der Waals surface area contributed by atoms with Gasteiger partial charge in [0.25, 0.3) is 0 Å². The number of amides is 1. The maximum atomic E-state index is 12.6. The highest BCUT2D eigenvalue weighted by molar-refractivity contribution is 7.91. The third-order valence-corrected chi connectivity index (χ3v) is 7.56. The molecule has 6 heteroatoms. The van der Waals surface area contributed by atoms with Gasteiger partial charge in [0.2, 0.25) is 5.91 Å². The van der Waals surface area contributed by atoms with Crippen LogP contribution in [0.4, 0.5) is 0 Å². The lowest BCUT2D eigenvalue weighted by Crippen LogP contribution is -2.39. The summed E-state index contributed by atoms with van der Waals surface area (Å²) < 4.78 is 30.6. The smallest absolute Gasteiger partial charge is 0.226 e. The summed E-state index contributed by atoms with van der Waals surface area (Å²) in [5, 5.41) is 0. The van der Waals surface area contributed by atoms with E-state index >= 15 is 0 Å². The van der Waals surface area contributed by atoms with E-state index in [0.717, 1.165) is 19.5 Å². The van der Waals surface area contributed by atoms with Crippen molar-refractivity contribution in [1.29, 1.82) is 0 Å². The highest BCUT2D eigenvalue weighted by atomic mass is 32.2. The first-order chi connectivity index (χ1) is 11.5. The molecular formula is C18H23NO4S. The minimum atomic E-state index is -3.38. The zero-order valence-corrected chi connectivity index (χ0v) is 14.6. The molecule has 4 rings (SSSR count). The number of likely N-dealkylation sites (tertiary alicyclic amines) is 1. The van der Waals surface area contributed by atoms with Crippen LogP contribution in [-0.2, 0) is 14.6 Å². The second-order valence-corrected chi connectivity index (χ2v) is 9.45. The van der Waals surface area contributed by atoms with E-state index in [1.165, 1.54) is 25.7 Å². The lowest BCUT2D eigenvalue weighted by atomic mass is 9.86. The molecule has 1 saturated heterocycles. The van der Waals surface area contributed by atoms with Crippen molar-refractivity contribution in [3.05, 3.63) is 24.3 Å². The second kappa shape index (κ2) is 5.76. The molecule has 1 atom stereocenters. The van der Waals surface area contributed by atoms with Crippen molar-refractivity contribution in [1.82, 2.24) is 4.90 Å². The van der Waals surface area contributed by atoms with Gasteiger partial charge < -0.3 is 9.64 Å². The van der Waals surface area contributed by atoms with Crippen molar-refractivity contribution in [2.45, 2.75) is 49.5 Å². The van der Waals surface area contributed by atoms with Gasteiger partial charge in [0.1, 0.15) is 16.7 Å². The van der Waals surface area contributed by atoms with Crippen LogP contribution in [0.3, 0.4) is 0 Å². The van der Waals surface area contributed by atoms with Crippen molar-refractivity contribution in [2.24, 2.45) is 5.41 Å². The molecule has 1 saturated carbocycles. The number of fused-ring (bicyclic) bond motifs is 1. The quantitative estimate of drug-likeness (QED) is 0.822. The van der Waals surface area contributed by atoms with Crippen molar-refractivity contribution < 1.29 is 17.9 Å². The van der Waals surface area contributed by atoms with Gasteiger partial charge in [0, 0.05) is 13.1 Å². The standard InChI is InChI=1S/C18H23NO4S/c20-17(19-10-9-18(13-19)7-3-4-8-18)11-14-12-24(21,22)16-6-2-1-5-15(16)23-14/h1-2,5-6,14H,3-4,7-13H2. The molecule has 2 heterocycles. The summed E-state index contributed by atoms with van der Waals surface area (Å²) in [6.07, 6.45) is 5.62. The Balaban J connectivity index is 1.44. The number of carbonyl (C=O) groups excluding carboxylic acids is 1.